The average Bonchev–Trinajstić information content (AvgIpc) is 3.91. The first kappa shape index (κ1) is 37.4. The Balaban J connectivity index is 1.06. The second-order valence-electron chi connectivity index (χ2n) is 16.3. The molecule has 0 atom stereocenters. The fourth-order valence-electron chi connectivity index (χ4n) is 9.86. The number of aromatic nitrogens is 2. The molecule has 12 rings (SSSR count). The van der Waals surface area contributed by atoms with Crippen LogP contribution in [0, 0.1) is 0 Å². The quantitative estimate of drug-likeness (QED) is 0.142. The van der Waals surface area contributed by atoms with Gasteiger partial charge in [0, 0.05) is 10.8 Å². The van der Waals surface area contributed by atoms with Crippen LogP contribution in [0.2, 0.25) is 0 Å². The molecule has 0 fully saturated rings. The van der Waals surface area contributed by atoms with Gasteiger partial charge in [0.1, 0.15) is 11.2 Å². The number of hydrogen-bond donors (Lipinski definition) is 0. The molecule has 0 radical (unpaired) electrons. The molecule has 0 aliphatic rings. The molecule has 0 amide bonds. The van der Waals surface area contributed by atoms with E-state index in [9.17, 15) is 0 Å². The second kappa shape index (κ2) is 15.5. The Kier molecular flexibility index (Phi) is 9.20. The summed E-state index contributed by atoms with van der Waals surface area (Å²) in [5.74, 6) is 0.882. The van der Waals surface area contributed by atoms with Gasteiger partial charge in [-0.15, -0.1) is 0 Å². The second-order valence-corrected chi connectivity index (χ2v) is 31.1. The molecule has 9 aromatic carbocycles. The van der Waals surface area contributed by atoms with Crippen molar-refractivity contribution in [2.75, 3.05) is 0 Å². The van der Waals surface area contributed by atoms with E-state index in [0.29, 0.717) is 0 Å². The fraction of sp³-hybridized carbons (Fsp3) is 0. The normalized spacial score (nSPS) is 12.1. The Morgan fingerprint density at radius 1 is 0.317 bits per heavy atom. The molecular weight excluding hydrogens is 962 g/mol. The summed E-state index contributed by atoms with van der Waals surface area (Å²) in [6.45, 7) is 0. The number of rotatable bonds is 8. The van der Waals surface area contributed by atoms with Gasteiger partial charge in [0.15, 0.2) is 0 Å². The van der Waals surface area contributed by atoms with E-state index in [1.165, 1.54) is 23.9 Å². The molecule has 298 valence electrons. The minimum atomic E-state index is -4.09. The van der Waals surface area contributed by atoms with Crippen LogP contribution in [0.5, 0.6) is 0 Å². The van der Waals surface area contributed by atoms with Crippen molar-refractivity contribution >= 4 is 77.1 Å². The van der Waals surface area contributed by atoms with Crippen LogP contribution in [0.4, 0.5) is 0 Å². The Bertz CT molecular complexity index is 3520. The first-order chi connectivity index (χ1) is 31.2. The summed E-state index contributed by atoms with van der Waals surface area (Å²) < 4.78 is 14.2. The maximum absolute atomic E-state index is 6.18. The fourth-order valence-corrected chi connectivity index (χ4v) is 28.5. The average molecular weight is 1000 g/mol. The molecule has 4 heteroatoms. The summed E-state index contributed by atoms with van der Waals surface area (Å²) >= 11 is -4.09. The number of pyridine rings is 1. The van der Waals surface area contributed by atoms with E-state index in [1.54, 1.807) is 0 Å². The van der Waals surface area contributed by atoms with Gasteiger partial charge in [-0.1, -0.05) is 24.3 Å². The van der Waals surface area contributed by atoms with Crippen LogP contribution >= 0.6 is 0 Å². The Hall–Kier alpha value is -7.39. The zero-order valence-electron chi connectivity index (χ0n) is 34.4. The third kappa shape index (κ3) is 6.32. The Morgan fingerprint density at radius 2 is 0.841 bits per heavy atom. The molecule has 0 spiro atoms. The molecule has 0 aliphatic carbocycles. The molecule has 3 nitrogen and oxygen atoms in total. The predicted molar refractivity (Wildman–Crippen MR) is 267 cm³/mol. The van der Waals surface area contributed by atoms with Gasteiger partial charge < -0.3 is 4.42 Å². The molecule has 63 heavy (non-hydrogen) atoms. The van der Waals surface area contributed by atoms with E-state index in [4.69, 9.17) is 9.40 Å². The van der Waals surface area contributed by atoms with Crippen molar-refractivity contribution in [1.82, 2.24) is 9.55 Å². The monoisotopic (exact) mass is 1000 g/mol. The Labute approximate surface area is 370 Å². The van der Waals surface area contributed by atoms with Gasteiger partial charge in [-0.05, 0) is 18.2 Å². The van der Waals surface area contributed by atoms with Gasteiger partial charge in [-0.2, -0.15) is 0 Å². The van der Waals surface area contributed by atoms with Crippen LogP contribution < -0.4 is 13.1 Å². The topological polar surface area (TPSA) is 31.0 Å². The van der Waals surface area contributed by atoms with E-state index in [0.717, 1.165) is 72.3 Å². The van der Waals surface area contributed by atoms with E-state index in [1.807, 2.05) is 12.1 Å². The number of para-hydroxylation sites is 2. The van der Waals surface area contributed by atoms with Crippen molar-refractivity contribution in [3.05, 3.63) is 243 Å². The van der Waals surface area contributed by atoms with Crippen LogP contribution in [0.25, 0.3) is 83.1 Å². The molecule has 0 saturated carbocycles. The number of nitrogens with zero attached hydrogens (tertiary/aromatic N) is 2. The molecule has 0 saturated heterocycles. The standard InChI is InChI=1S/C41H25N2O.3C6H5.Bi.H/c1-3-11-27(12-4-1)31-25-36(28-13-5-2-6-14-28)42-41(26-31)43-37-17-9-7-15-32(37)34-23-29(19-21-38(34)43)30-20-22-40-35(24-30)33-16-8-10-18-39(33)44-40;3*1-2-4-6-5-3-1;;/h1-5,7-26H;3*1-5H;;. The van der Waals surface area contributed by atoms with Crippen molar-refractivity contribution in [3.63, 3.8) is 0 Å². The van der Waals surface area contributed by atoms with Gasteiger partial charge in [-0.3, -0.25) is 0 Å². The van der Waals surface area contributed by atoms with Crippen LogP contribution in [0.1, 0.15) is 0 Å². The van der Waals surface area contributed by atoms with Gasteiger partial charge >= 0.3 is 304 Å². The summed E-state index contributed by atoms with van der Waals surface area (Å²) in [5.41, 5.74) is 10.7. The third-order valence-corrected chi connectivity index (χ3v) is 31.3. The molecular formula is C59H41BiN2O. The van der Waals surface area contributed by atoms with Gasteiger partial charge in [0.2, 0.25) is 0 Å². The van der Waals surface area contributed by atoms with Crippen molar-refractivity contribution in [2.45, 2.75) is 0 Å². The van der Waals surface area contributed by atoms with E-state index in [-0.39, 0.29) is 0 Å². The van der Waals surface area contributed by atoms with Crippen LogP contribution in [-0.2, 0) is 0 Å². The van der Waals surface area contributed by atoms with E-state index < -0.39 is 20.3 Å². The summed E-state index contributed by atoms with van der Waals surface area (Å²) in [6.07, 6.45) is 0. The third-order valence-electron chi connectivity index (χ3n) is 12.7. The summed E-state index contributed by atoms with van der Waals surface area (Å²) in [4.78, 5) is 5.63. The number of benzene rings is 9. The summed E-state index contributed by atoms with van der Waals surface area (Å²) in [7, 11) is 0. The van der Waals surface area contributed by atoms with Gasteiger partial charge in [-0.25, -0.2) is 0 Å². The SMILES string of the molecule is c1ccc(-c2cc(-c3ccc[c]([BiH]([c]4ccccc4)([c]4ccccc4)[c]4ccccc4)c3)nc(-n3c4ccccc4c4cc(-c5ccc6oc7ccccc7c6c5)ccc43)c2)cc1. The van der Waals surface area contributed by atoms with Crippen LogP contribution in [0.15, 0.2) is 247 Å². The minimum absolute atomic E-state index is 0.882. The molecule has 0 aliphatic heterocycles. The first-order valence-electron chi connectivity index (χ1n) is 21.5. The Morgan fingerprint density at radius 3 is 1.54 bits per heavy atom. The molecule has 0 N–H and O–H groups in total. The van der Waals surface area contributed by atoms with E-state index >= 15 is 0 Å². The van der Waals surface area contributed by atoms with Gasteiger partial charge in [0.05, 0.1) is 0 Å². The van der Waals surface area contributed by atoms with Crippen molar-refractivity contribution in [1.29, 1.82) is 0 Å². The van der Waals surface area contributed by atoms with Crippen LogP contribution in [0.3, 0.4) is 0 Å². The predicted octanol–water partition coefficient (Wildman–Crippen LogP) is 12.2. The number of fused-ring (bicyclic) bond motifs is 6. The first-order valence-corrected chi connectivity index (χ1v) is 29.3. The summed E-state index contributed by atoms with van der Waals surface area (Å²) in [6, 6.07) is 88.6. The van der Waals surface area contributed by atoms with Crippen molar-refractivity contribution in [3.8, 4) is 39.3 Å². The zero-order chi connectivity index (χ0) is 41.7. The molecule has 12 aromatic rings. The molecule has 3 aromatic heterocycles. The molecule has 0 bridgehead atoms. The molecule has 3 heterocycles. The zero-order valence-corrected chi connectivity index (χ0v) is 38.3. The number of hydrogen-bond acceptors (Lipinski definition) is 2. The number of furan rings is 1. The summed E-state index contributed by atoms with van der Waals surface area (Å²) in [5, 5.41) is 4.63. The molecule has 0 unspecified atom stereocenters. The maximum atomic E-state index is 6.18. The van der Waals surface area contributed by atoms with Crippen molar-refractivity contribution in [2.24, 2.45) is 0 Å². The van der Waals surface area contributed by atoms with Crippen LogP contribution in [-0.4, -0.2) is 29.8 Å². The van der Waals surface area contributed by atoms with E-state index in [2.05, 4.69) is 235 Å². The van der Waals surface area contributed by atoms with Crippen molar-refractivity contribution < 1.29 is 4.42 Å². The van der Waals surface area contributed by atoms with Gasteiger partial charge in [0.25, 0.3) is 0 Å².